The van der Waals surface area contributed by atoms with E-state index in [-0.39, 0.29) is 0 Å². The van der Waals surface area contributed by atoms with Crippen LogP contribution in [0.15, 0.2) is 79.3 Å². The fraction of sp³-hybridized carbons (Fsp3) is 0. The standard InChI is InChI=1S/C19H13N5/c1-2-6-15(7-3-1)23-13-14(12-21-23)17-10-11-20-19-22-16-8-4-5-9-18(16)24(17)19/h1-13H. The molecule has 0 N–H and O–H groups in total. The molecule has 3 heterocycles. The summed E-state index contributed by atoms with van der Waals surface area (Å²) in [5, 5.41) is 4.50. The van der Waals surface area contributed by atoms with Crippen LogP contribution in [0.2, 0.25) is 0 Å². The second-order valence-electron chi connectivity index (χ2n) is 5.58. The second-order valence-corrected chi connectivity index (χ2v) is 5.58. The maximum atomic E-state index is 4.59. The maximum Gasteiger partial charge on any atom is 0.235 e. The average molecular weight is 311 g/mol. The van der Waals surface area contributed by atoms with Gasteiger partial charge in [-0.3, -0.25) is 4.40 Å². The van der Waals surface area contributed by atoms with E-state index in [1.54, 1.807) is 6.20 Å². The Bertz CT molecular complexity index is 1150. The minimum atomic E-state index is 0.696. The van der Waals surface area contributed by atoms with Crippen molar-refractivity contribution < 1.29 is 0 Å². The Balaban J connectivity index is 1.74. The molecule has 5 aromatic rings. The van der Waals surface area contributed by atoms with Gasteiger partial charge in [0.05, 0.1) is 28.6 Å². The van der Waals surface area contributed by atoms with Crippen molar-refractivity contribution >= 4 is 16.8 Å². The Morgan fingerprint density at radius 2 is 1.67 bits per heavy atom. The van der Waals surface area contributed by atoms with Gasteiger partial charge in [-0.2, -0.15) is 5.10 Å². The van der Waals surface area contributed by atoms with Gasteiger partial charge in [0.15, 0.2) is 0 Å². The van der Waals surface area contributed by atoms with Gasteiger partial charge in [0.25, 0.3) is 0 Å². The predicted molar refractivity (Wildman–Crippen MR) is 93.1 cm³/mol. The molecule has 114 valence electrons. The van der Waals surface area contributed by atoms with E-state index in [0.717, 1.165) is 28.0 Å². The molecule has 0 unspecified atom stereocenters. The van der Waals surface area contributed by atoms with Crippen LogP contribution in [0.5, 0.6) is 0 Å². The molecule has 0 saturated heterocycles. The summed E-state index contributed by atoms with van der Waals surface area (Å²) in [4.78, 5) is 8.99. The van der Waals surface area contributed by atoms with Crippen molar-refractivity contribution in [2.24, 2.45) is 0 Å². The lowest BCUT2D eigenvalue weighted by atomic mass is 10.2. The highest BCUT2D eigenvalue weighted by Gasteiger charge is 2.12. The van der Waals surface area contributed by atoms with E-state index in [1.165, 1.54) is 0 Å². The molecule has 5 rings (SSSR count). The molecule has 0 aliphatic heterocycles. The Kier molecular flexibility index (Phi) is 2.72. The van der Waals surface area contributed by atoms with Gasteiger partial charge in [0.2, 0.25) is 5.78 Å². The Labute approximate surface area is 137 Å². The summed E-state index contributed by atoms with van der Waals surface area (Å²) in [6.07, 6.45) is 5.69. The van der Waals surface area contributed by atoms with Gasteiger partial charge in [-0.05, 0) is 30.3 Å². The molecular formula is C19H13N5. The number of rotatable bonds is 2. The van der Waals surface area contributed by atoms with Gasteiger partial charge in [-0.1, -0.05) is 30.3 Å². The number of benzene rings is 2. The van der Waals surface area contributed by atoms with E-state index >= 15 is 0 Å². The van der Waals surface area contributed by atoms with Crippen LogP contribution in [0.3, 0.4) is 0 Å². The van der Waals surface area contributed by atoms with Crippen molar-refractivity contribution in [2.45, 2.75) is 0 Å². The second kappa shape index (κ2) is 5.03. The summed E-state index contributed by atoms with van der Waals surface area (Å²) in [5.74, 6) is 0.696. The van der Waals surface area contributed by atoms with E-state index in [2.05, 4.69) is 25.5 Å². The minimum absolute atomic E-state index is 0.696. The first-order valence-electron chi connectivity index (χ1n) is 7.73. The first-order valence-corrected chi connectivity index (χ1v) is 7.73. The number of fused-ring (bicyclic) bond motifs is 3. The topological polar surface area (TPSA) is 48.0 Å². The molecule has 5 nitrogen and oxygen atoms in total. The molecule has 0 amide bonds. The molecule has 0 aliphatic rings. The van der Waals surface area contributed by atoms with Crippen LogP contribution in [0.1, 0.15) is 0 Å². The monoisotopic (exact) mass is 311 g/mol. The molecule has 5 heteroatoms. The van der Waals surface area contributed by atoms with Crippen molar-refractivity contribution in [3.8, 4) is 16.9 Å². The SMILES string of the molecule is c1ccc(-n2cc(-c3ccnc4nc5ccccc5n34)cn2)cc1. The number of hydrogen-bond acceptors (Lipinski definition) is 3. The predicted octanol–water partition coefficient (Wildman–Crippen LogP) is 3.74. The lowest BCUT2D eigenvalue weighted by Gasteiger charge is -2.03. The number of para-hydroxylation sites is 3. The molecule has 24 heavy (non-hydrogen) atoms. The molecule has 2 aromatic carbocycles. The molecule has 0 atom stereocenters. The number of aromatic nitrogens is 5. The highest BCUT2D eigenvalue weighted by molar-refractivity contribution is 5.82. The highest BCUT2D eigenvalue weighted by Crippen LogP contribution is 2.25. The minimum Gasteiger partial charge on any atom is -0.276 e. The summed E-state index contributed by atoms with van der Waals surface area (Å²) in [7, 11) is 0. The van der Waals surface area contributed by atoms with E-state index in [9.17, 15) is 0 Å². The zero-order valence-corrected chi connectivity index (χ0v) is 12.7. The Hall–Kier alpha value is -3.47. The van der Waals surface area contributed by atoms with E-state index < -0.39 is 0 Å². The normalized spacial score (nSPS) is 11.3. The van der Waals surface area contributed by atoms with Gasteiger partial charge in [-0.15, -0.1) is 0 Å². The third kappa shape index (κ3) is 1.91. The largest absolute Gasteiger partial charge is 0.276 e. The van der Waals surface area contributed by atoms with Gasteiger partial charge < -0.3 is 0 Å². The van der Waals surface area contributed by atoms with Gasteiger partial charge in [0, 0.05) is 18.0 Å². The van der Waals surface area contributed by atoms with Crippen molar-refractivity contribution in [2.75, 3.05) is 0 Å². The van der Waals surface area contributed by atoms with Crippen LogP contribution in [0.4, 0.5) is 0 Å². The van der Waals surface area contributed by atoms with Crippen molar-refractivity contribution in [3.63, 3.8) is 0 Å². The van der Waals surface area contributed by atoms with Crippen LogP contribution in [0.25, 0.3) is 33.8 Å². The smallest absolute Gasteiger partial charge is 0.235 e. The van der Waals surface area contributed by atoms with Crippen molar-refractivity contribution in [1.29, 1.82) is 0 Å². The summed E-state index contributed by atoms with van der Waals surface area (Å²) in [6.45, 7) is 0. The Morgan fingerprint density at radius 3 is 2.58 bits per heavy atom. The molecule has 0 aliphatic carbocycles. The summed E-state index contributed by atoms with van der Waals surface area (Å²) >= 11 is 0. The molecule has 0 radical (unpaired) electrons. The fourth-order valence-electron chi connectivity index (χ4n) is 2.99. The lowest BCUT2D eigenvalue weighted by molar-refractivity contribution is 0.880. The Morgan fingerprint density at radius 1 is 0.833 bits per heavy atom. The van der Waals surface area contributed by atoms with Crippen molar-refractivity contribution in [1.82, 2.24) is 24.1 Å². The van der Waals surface area contributed by atoms with Crippen LogP contribution in [-0.2, 0) is 0 Å². The maximum absolute atomic E-state index is 4.59. The van der Waals surface area contributed by atoms with Crippen LogP contribution in [0, 0.1) is 0 Å². The van der Waals surface area contributed by atoms with Crippen LogP contribution >= 0.6 is 0 Å². The first-order chi connectivity index (χ1) is 11.9. The van der Waals surface area contributed by atoms with E-state index in [1.807, 2.05) is 71.7 Å². The van der Waals surface area contributed by atoms with Gasteiger partial charge in [0.1, 0.15) is 0 Å². The van der Waals surface area contributed by atoms with Gasteiger partial charge >= 0.3 is 0 Å². The lowest BCUT2D eigenvalue weighted by Crippen LogP contribution is -1.94. The number of hydrogen-bond donors (Lipinski definition) is 0. The molecule has 0 fully saturated rings. The number of imidazole rings is 1. The summed E-state index contributed by atoms with van der Waals surface area (Å²) in [5.41, 5.74) is 5.06. The zero-order chi connectivity index (χ0) is 15.9. The fourth-order valence-corrected chi connectivity index (χ4v) is 2.99. The molecular weight excluding hydrogens is 298 g/mol. The quantitative estimate of drug-likeness (QED) is 0.499. The summed E-state index contributed by atoms with van der Waals surface area (Å²) < 4.78 is 3.95. The van der Waals surface area contributed by atoms with E-state index in [0.29, 0.717) is 5.78 Å². The van der Waals surface area contributed by atoms with Gasteiger partial charge in [-0.25, -0.2) is 14.6 Å². The first kappa shape index (κ1) is 13.0. The molecule has 0 spiro atoms. The average Bonchev–Trinajstić information content (AvgIpc) is 3.27. The number of nitrogens with zero attached hydrogens (tertiary/aromatic N) is 5. The highest BCUT2D eigenvalue weighted by atomic mass is 15.3. The summed E-state index contributed by atoms with van der Waals surface area (Å²) in [6, 6.07) is 20.1. The third-order valence-electron chi connectivity index (χ3n) is 4.11. The molecule has 0 saturated carbocycles. The van der Waals surface area contributed by atoms with E-state index in [4.69, 9.17) is 0 Å². The van der Waals surface area contributed by atoms with Crippen LogP contribution < -0.4 is 0 Å². The van der Waals surface area contributed by atoms with Crippen LogP contribution in [-0.4, -0.2) is 24.1 Å². The van der Waals surface area contributed by atoms with Crippen molar-refractivity contribution in [3.05, 3.63) is 79.3 Å². The zero-order valence-electron chi connectivity index (χ0n) is 12.7. The third-order valence-corrected chi connectivity index (χ3v) is 4.11. The molecule has 0 bridgehead atoms. The molecule has 3 aromatic heterocycles.